The van der Waals surface area contributed by atoms with Crippen molar-refractivity contribution < 1.29 is 28.5 Å². The Hall–Kier alpha value is -2.64. The predicted octanol–water partition coefficient (Wildman–Crippen LogP) is 3.42. The Kier molecular flexibility index (Phi) is 10.5. The van der Waals surface area contributed by atoms with Crippen LogP contribution in [0.3, 0.4) is 0 Å². The fraction of sp³-hybridized carbons (Fsp3) is 0.625. The van der Waals surface area contributed by atoms with Gasteiger partial charge in [-0.25, -0.2) is 4.79 Å². The van der Waals surface area contributed by atoms with Crippen LogP contribution in [0.5, 0.6) is 0 Å². The van der Waals surface area contributed by atoms with Crippen molar-refractivity contribution in [3.05, 3.63) is 39.9 Å². The molecule has 1 saturated heterocycles. The third kappa shape index (κ3) is 9.00. The first-order valence-corrected chi connectivity index (χ1v) is 16.1. The molecule has 3 N–H and O–H groups in total. The van der Waals surface area contributed by atoms with Crippen LogP contribution in [0.4, 0.5) is 10.5 Å². The number of amides is 3. The van der Waals surface area contributed by atoms with E-state index in [1.807, 2.05) is 0 Å². The standard InChI is InChI=1S/C24H38N4O7SSi/c1-16(22(30)26-12-21(25)29)36-15-19-11-20(35-37(5,6)24(2,3)4)13-27(19)23(31)34-14-17-7-9-18(10-8-17)28(32)33/h7-10,16,19-20H,11-15H2,1-6H3,(H2,25,29)(H,26,30)/t16?,19-,20-/m0/s1. The molecule has 13 heteroatoms. The van der Waals surface area contributed by atoms with Crippen molar-refractivity contribution in [2.75, 3.05) is 18.8 Å². The maximum Gasteiger partial charge on any atom is 0.410 e. The molecular formula is C24H38N4O7SSi. The number of nitrogens with one attached hydrogen (secondary N) is 1. The molecule has 0 aromatic heterocycles. The zero-order valence-corrected chi connectivity index (χ0v) is 24.1. The van der Waals surface area contributed by atoms with Gasteiger partial charge in [-0.15, -0.1) is 11.8 Å². The minimum absolute atomic E-state index is 0.00806. The molecule has 37 heavy (non-hydrogen) atoms. The number of non-ortho nitro benzene ring substituents is 1. The number of rotatable bonds is 11. The number of carbonyl (C=O) groups excluding carboxylic acids is 3. The first kappa shape index (κ1) is 30.6. The van der Waals surface area contributed by atoms with Gasteiger partial charge >= 0.3 is 6.09 Å². The van der Waals surface area contributed by atoms with Crippen LogP contribution in [0.2, 0.25) is 18.1 Å². The Balaban J connectivity index is 2.07. The van der Waals surface area contributed by atoms with E-state index in [4.69, 9.17) is 14.9 Å². The lowest BCUT2D eigenvalue weighted by molar-refractivity contribution is -0.384. The normalized spacial score (nSPS) is 18.8. The zero-order valence-electron chi connectivity index (χ0n) is 22.3. The summed E-state index contributed by atoms with van der Waals surface area (Å²) in [6.45, 7) is 12.7. The van der Waals surface area contributed by atoms with Gasteiger partial charge in [0.25, 0.3) is 5.69 Å². The second-order valence-corrected chi connectivity index (χ2v) is 16.8. The van der Waals surface area contributed by atoms with Crippen LogP contribution in [0.1, 0.15) is 39.7 Å². The number of likely N-dealkylation sites (tertiary alicyclic amines) is 1. The van der Waals surface area contributed by atoms with Gasteiger partial charge in [-0.1, -0.05) is 20.8 Å². The van der Waals surface area contributed by atoms with Gasteiger partial charge in [-0.2, -0.15) is 0 Å². The highest BCUT2D eigenvalue weighted by Gasteiger charge is 2.44. The molecule has 206 valence electrons. The summed E-state index contributed by atoms with van der Waals surface area (Å²) in [6.07, 6.45) is -0.0459. The number of nitrogens with two attached hydrogens (primary N) is 1. The Morgan fingerprint density at radius 1 is 1.27 bits per heavy atom. The minimum atomic E-state index is -2.08. The summed E-state index contributed by atoms with van der Waals surface area (Å²) in [7, 11) is -2.08. The largest absolute Gasteiger partial charge is 0.445 e. The smallest absolute Gasteiger partial charge is 0.410 e. The van der Waals surface area contributed by atoms with E-state index in [1.165, 1.54) is 23.9 Å². The number of nitro benzene ring substituents is 1. The van der Waals surface area contributed by atoms with E-state index in [-0.39, 0.29) is 41.9 Å². The Bertz CT molecular complexity index is 984. The maximum absolute atomic E-state index is 13.1. The van der Waals surface area contributed by atoms with Crippen LogP contribution in [0.15, 0.2) is 24.3 Å². The van der Waals surface area contributed by atoms with Gasteiger partial charge in [-0.05, 0) is 49.2 Å². The molecule has 3 amide bonds. The van der Waals surface area contributed by atoms with Crippen molar-refractivity contribution in [3.8, 4) is 0 Å². The second-order valence-electron chi connectivity index (χ2n) is 10.7. The highest BCUT2D eigenvalue weighted by atomic mass is 32.2. The summed E-state index contributed by atoms with van der Waals surface area (Å²) in [6, 6.07) is 5.63. The van der Waals surface area contributed by atoms with Gasteiger partial charge in [0.1, 0.15) is 6.61 Å². The monoisotopic (exact) mass is 554 g/mol. The van der Waals surface area contributed by atoms with Gasteiger partial charge in [0.05, 0.1) is 22.8 Å². The van der Waals surface area contributed by atoms with Gasteiger partial charge in [-0.3, -0.25) is 19.7 Å². The van der Waals surface area contributed by atoms with Crippen LogP contribution < -0.4 is 11.1 Å². The van der Waals surface area contributed by atoms with Crippen LogP contribution in [-0.2, 0) is 25.4 Å². The number of carbonyl (C=O) groups is 3. The zero-order chi connectivity index (χ0) is 28.0. The van der Waals surface area contributed by atoms with E-state index in [0.29, 0.717) is 24.3 Å². The van der Waals surface area contributed by atoms with Crippen molar-refractivity contribution in [1.82, 2.24) is 10.2 Å². The van der Waals surface area contributed by atoms with E-state index in [2.05, 4.69) is 39.2 Å². The number of hydrogen-bond donors (Lipinski definition) is 2. The molecule has 0 radical (unpaired) electrons. The van der Waals surface area contributed by atoms with E-state index >= 15 is 0 Å². The van der Waals surface area contributed by atoms with Gasteiger partial charge < -0.3 is 25.1 Å². The molecular weight excluding hydrogens is 516 g/mol. The van der Waals surface area contributed by atoms with Crippen molar-refractivity contribution >= 4 is 43.7 Å². The summed E-state index contributed by atoms with van der Waals surface area (Å²) in [4.78, 5) is 48.3. The first-order valence-electron chi connectivity index (χ1n) is 12.1. The lowest BCUT2D eigenvalue weighted by Gasteiger charge is -2.38. The SMILES string of the molecule is CC(SC[C@@H]1C[C@H](O[Si](C)(C)C(C)(C)C)CN1C(=O)OCc1ccc([N+](=O)[O-])cc1)C(=O)NCC(N)=O. The van der Waals surface area contributed by atoms with Crippen LogP contribution in [-0.4, -0.2) is 72.3 Å². The molecule has 0 bridgehead atoms. The summed E-state index contributed by atoms with van der Waals surface area (Å²) in [5, 5.41) is 12.9. The maximum atomic E-state index is 13.1. The number of nitro groups is 1. The summed E-state index contributed by atoms with van der Waals surface area (Å²) < 4.78 is 12.1. The molecule has 11 nitrogen and oxygen atoms in total. The van der Waals surface area contributed by atoms with E-state index in [0.717, 1.165) is 0 Å². The fourth-order valence-corrected chi connectivity index (χ4v) is 5.94. The third-order valence-corrected chi connectivity index (χ3v) is 12.6. The quantitative estimate of drug-likeness (QED) is 0.240. The molecule has 1 aromatic rings. The predicted molar refractivity (Wildman–Crippen MR) is 145 cm³/mol. The van der Waals surface area contributed by atoms with Crippen molar-refractivity contribution in [3.63, 3.8) is 0 Å². The van der Waals surface area contributed by atoms with Crippen LogP contribution in [0, 0.1) is 10.1 Å². The molecule has 1 fully saturated rings. The topological polar surface area (TPSA) is 154 Å². The van der Waals surface area contributed by atoms with E-state index in [9.17, 15) is 24.5 Å². The van der Waals surface area contributed by atoms with Crippen molar-refractivity contribution in [2.45, 2.75) is 76.3 Å². The van der Waals surface area contributed by atoms with Crippen molar-refractivity contribution in [2.24, 2.45) is 5.73 Å². The van der Waals surface area contributed by atoms with Crippen LogP contribution >= 0.6 is 11.8 Å². The van der Waals surface area contributed by atoms with Crippen molar-refractivity contribution in [1.29, 1.82) is 0 Å². The molecule has 1 aliphatic heterocycles. The molecule has 1 aliphatic rings. The Morgan fingerprint density at radius 2 is 1.89 bits per heavy atom. The summed E-state index contributed by atoms with van der Waals surface area (Å²) in [5.41, 5.74) is 5.70. The highest BCUT2D eigenvalue weighted by molar-refractivity contribution is 8.00. The number of benzene rings is 1. The molecule has 0 spiro atoms. The molecule has 3 atom stereocenters. The number of thioether (sulfide) groups is 1. The molecule has 1 heterocycles. The lowest BCUT2D eigenvalue weighted by atomic mass is 10.2. The van der Waals surface area contributed by atoms with E-state index in [1.54, 1.807) is 24.0 Å². The van der Waals surface area contributed by atoms with Crippen LogP contribution in [0.25, 0.3) is 0 Å². The second kappa shape index (κ2) is 12.7. The molecule has 1 unspecified atom stereocenters. The number of primary amides is 1. The lowest BCUT2D eigenvalue weighted by Crippen LogP contribution is -2.45. The molecule has 2 rings (SSSR count). The third-order valence-electron chi connectivity index (χ3n) is 6.73. The number of nitrogens with zero attached hydrogens (tertiary/aromatic N) is 2. The average Bonchev–Trinajstić information content (AvgIpc) is 3.20. The van der Waals surface area contributed by atoms with Gasteiger partial charge in [0, 0.05) is 30.5 Å². The first-order chi connectivity index (χ1) is 17.1. The molecule has 1 aromatic carbocycles. The van der Waals surface area contributed by atoms with Gasteiger partial charge in [0.2, 0.25) is 11.8 Å². The average molecular weight is 555 g/mol. The molecule has 0 aliphatic carbocycles. The Labute approximate surface area is 223 Å². The number of hydrogen-bond acceptors (Lipinski definition) is 8. The van der Waals surface area contributed by atoms with Gasteiger partial charge in [0.15, 0.2) is 8.32 Å². The Morgan fingerprint density at radius 3 is 2.43 bits per heavy atom. The summed E-state index contributed by atoms with van der Waals surface area (Å²) in [5.74, 6) is -0.438. The fourth-order valence-electron chi connectivity index (χ4n) is 3.53. The van der Waals surface area contributed by atoms with E-state index < -0.39 is 30.5 Å². The highest BCUT2D eigenvalue weighted by Crippen LogP contribution is 2.39. The minimum Gasteiger partial charge on any atom is -0.445 e. The summed E-state index contributed by atoms with van der Waals surface area (Å²) >= 11 is 1.38. The number of ether oxygens (including phenoxy) is 1. The molecule has 0 saturated carbocycles.